The van der Waals surface area contributed by atoms with E-state index < -0.39 is 10.0 Å². The monoisotopic (exact) mass is 328 g/mol. The van der Waals surface area contributed by atoms with Crippen molar-refractivity contribution in [1.29, 1.82) is 0 Å². The van der Waals surface area contributed by atoms with Gasteiger partial charge in [-0.1, -0.05) is 6.07 Å². The maximum atomic E-state index is 12.4. The van der Waals surface area contributed by atoms with Crippen LogP contribution in [0.5, 0.6) is 0 Å². The van der Waals surface area contributed by atoms with E-state index in [1.165, 1.54) is 0 Å². The van der Waals surface area contributed by atoms with Crippen LogP contribution in [0.1, 0.15) is 0 Å². The molecule has 0 saturated carbocycles. The van der Waals surface area contributed by atoms with Crippen LogP contribution in [0.15, 0.2) is 23.1 Å². The Kier molecular flexibility index (Phi) is 4.45. The molecule has 0 radical (unpaired) electrons. The minimum absolute atomic E-state index is 0.120. The van der Waals surface area contributed by atoms with Gasteiger partial charge in [0, 0.05) is 25.6 Å². The average molecular weight is 328 g/mol. The first-order chi connectivity index (χ1) is 10.2. The summed E-state index contributed by atoms with van der Waals surface area (Å²) in [5.41, 5.74) is 1.02. The number of hydrogen-bond acceptors (Lipinski definition) is 7. The number of aromatic nitrogens is 2. The topological polar surface area (TPSA) is 93.2 Å². The lowest BCUT2D eigenvalue weighted by Gasteiger charge is -2.14. The molecule has 1 saturated heterocycles. The zero-order valence-corrected chi connectivity index (χ0v) is 12.9. The molecule has 2 heterocycles. The zero-order chi connectivity index (χ0) is 14.7. The highest BCUT2D eigenvalue weighted by Crippen LogP contribution is 2.20. The predicted molar refractivity (Wildman–Crippen MR) is 79.8 cm³/mol. The Morgan fingerprint density at radius 3 is 3.24 bits per heavy atom. The first kappa shape index (κ1) is 14.8. The normalized spacial score (nSPS) is 20.5. The average Bonchev–Trinajstić information content (AvgIpc) is 2.80. The molecule has 1 atom stereocenters. The highest BCUT2D eigenvalue weighted by molar-refractivity contribution is 7.89. The number of rotatable bonds is 4. The fraction of sp³-hybridized carbons (Fsp3) is 0.500. The maximum absolute atomic E-state index is 12.4. The van der Waals surface area contributed by atoms with E-state index in [0.29, 0.717) is 30.8 Å². The first-order valence-electron chi connectivity index (χ1n) is 6.66. The summed E-state index contributed by atoms with van der Waals surface area (Å²) in [5, 5.41) is 3.22. The fourth-order valence-electron chi connectivity index (χ4n) is 2.19. The highest BCUT2D eigenvalue weighted by Gasteiger charge is 2.21. The second-order valence-corrected chi connectivity index (χ2v) is 7.15. The molecule has 7 nitrogen and oxygen atoms in total. The van der Waals surface area contributed by atoms with Crippen molar-refractivity contribution in [2.75, 3.05) is 32.8 Å². The van der Waals surface area contributed by atoms with Gasteiger partial charge in [0.25, 0.3) is 0 Å². The van der Waals surface area contributed by atoms with Crippen molar-refractivity contribution >= 4 is 32.8 Å². The molecule has 0 unspecified atom stereocenters. The van der Waals surface area contributed by atoms with Crippen LogP contribution in [0.4, 0.5) is 0 Å². The minimum atomic E-state index is -3.60. The lowest BCUT2D eigenvalue weighted by atomic mass is 10.2. The van der Waals surface area contributed by atoms with Crippen molar-refractivity contribution in [2.45, 2.75) is 4.90 Å². The molecule has 1 fully saturated rings. The molecule has 114 valence electrons. The molecule has 1 aromatic carbocycles. The van der Waals surface area contributed by atoms with Gasteiger partial charge in [-0.05, 0) is 12.1 Å². The van der Waals surface area contributed by atoms with Crippen LogP contribution in [0.3, 0.4) is 0 Å². The predicted octanol–water partition coefficient (Wildman–Crippen LogP) is 0.206. The molecule has 0 spiro atoms. The molecule has 3 rings (SSSR count). The number of sulfonamides is 1. The summed E-state index contributed by atoms with van der Waals surface area (Å²) in [6.45, 7) is 3.09. The largest absolute Gasteiger partial charge is 0.380 e. The van der Waals surface area contributed by atoms with Gasteiger partial charge in [-0.2, -0.15) is 8.75 Å². The van der Waals surface area contributed by atoms with Crippen molar-refractivity contribution in [3.8, 4) is 0 Å². The minimum Gasteiger partial charge on any atom is -0.380 e. The van der Waals surface area contributed by atoms with Gasteiger partial charge in [-0.3, -0.25) is 0 Å². The van der Waals surface area contributed by atoms with E-state index in [9.17, 15) is 8.42 Å². The molecule has 2 aromatic rings. The Morgan fingerprint density at radius 1 is 1.43 bits per heavy atom. The molecular weight excluding hydrogens is 312 g/mol. The Balaban J connectivity index is 1.76. The van der Waals surface area contributed by atoms with Gasteiger partial charge in [0.05, 0.1) is 24.9 Å². The number of nitrogens with one attached hydrogen (secondary N) is 2. The summed E-state index contributed by atoms with van der Waals surface area (Å²) in [6.07, 6.45) is 0. The first-order valence-corrected chi connectivity index (χ1v) is 8.87. The van der Waals surface area contributed by atoms with Crippen molar-refractivity contribution in [1.82, 2.24) is 18.8 Å². The van der Waals surface area contributed by atoms with Gasteiger partial charge in [0.2, 0.25) is 10.0 Å². The summed E-state index contributed by atoms with van der Waals surface area (Å²) in [7, 11) is -3.60. The molecule has 1 aromatic heterocycles. The fourth-order valence-corrected chi connectivity index (χ4v) is 4.07. The third-order valence-electron chi connectivity index (χ3n) is 3.31. The third kappa shape index (κ3) is 3.38. The maximum Gasteiger partial charge on any atom is 0.242 e. The molecule has 1 aliphatic rings. The molecule has 21 heavy (non-hydrogen) atoms. The van der Waals surface area contributed by atoms with Crippen molar-refractivity contribution in [3.05, 3.63) is 18.2 Å². The van der Waals surface area contributed by atoms with E-state index in [2.05, 4.69) is 18.8 Å². The molecule has 2 N–H and O–H groups in total. The van der Waals surface area contributed by atoms with Crippen LogP contribution in [-0.2, 0) is 14.8 Å². The number of ether oxygens (including phenoxy) is 1. The molecule has 9 heteroatoms. The number of hydrogen-bond donors (Lipinski definition) is 2. The summed E-state index contributed by atoms with van der Waals surface area (Å²) in [6, 6.07) is 4.98. The molecule has 1 aliphatic heterocycles. The third-order valence-corrected chi connectivity index (χ3v) is 5.31. The summed E-state index contributed by atoms with van der Waals surface area (Å²) in [4.78, 5) is 0.177. The van der Waals surface area contributed by atoms with E-state index >= 15 is 0 Å². The zero-order valence-electron chi connectivity index (χ0n) is 11.3. The van der Waals surface area contributed by atoms with Gasteiger partial charge in [-0.15, -0.1) is 0 Å². The SMILES string of the molecule is O=S(=O)(NC[C@H]1CNCCOC1)c1cccc2nsnc12. The van der Waals surface area contributed by atoms with Crippen molar-refractivity contribution in [2.24, 2.45) is 5.92 Å². The lowest BCUT2D eigenvalue weighted by Crippen LogP contribution is -2.35. The quantitative estimate of drug-likeness (QED) is 0.833. The van der Waals surface area contributed by atoms with E-state index in [4.69, 9.17) is 4.74 Å². The van der Waals surface area contributed by atoms with Crippen LogP contribution in [0.25, 0.3) is 11.0 Å². The summed E-state index contributed by atoms with van der Waals surface area (Å²) in [5.74, 6) is 0.120. The van der Waals surface area contributed by atoms with Gasteiger partial charge in [0.15, 0.2) is 0 Å². The van der Waals surface area contributed by atoms with Crippen LogP contribution < -0.4 is 10.0 Å². The smallest absolute Gasteiger partial charge is 0.242 e. The van der Waals surface area contributed by atoms with Crippen molar-refractivity contribution in [3.63, 3.8) is 0 Å². The van der Waals surface area contributed by atoms with Gasteiger partial charge in [-0.25, -0.2) is 13.1 Å². The van der Waals surface area contributed by atoms with Gasteiger partial charge in [0.1, 0.15) is 15.9 Å². The molecule has 0 amide bonds. The van der Waals surface area contributed by atoms with E-state index in [-0.39, 0.29) is 10.8 Å². The summed E-state index contributed by atoms with van der Waals surface area (Å²) < 4.78 is 41.1. The van der Waals surface area contributed by atoms with Crippen LogP contribution in [-0.4, -0.2) is 50.0 Å². The second kappa shape index (κ2) is 6.32. The Hall–Kier alpha value is -1.13. The number of benzene rings is 1. The van der Waals surface area contributed by atoms with E-state index in [1.54, 1.807) is 18.2 Å². The number of fused-ring (bicyclic) bond motifs is 1. The molecular formula is C12H16N4O3S2. The Labute approximate surface area is 127 Å². The molecule has 0 aliphatic carbocycles. The van der Waals surface area contributed by atoms with E-state index in [0.717, 1.165) is 24.8 Å². The van der Waals surface area contributed by atoms with E-state index in [1.807, 2.05) is 0 Å². The standard InChI is InChI=1S/C12H16N4O3S2/c17-21(18,14-7-9-6-13-4-5-19-8-9)11-3-1-2-10-12(11)16-20-15-10/h1-3,9,13-14H,4-8H2/t9-/m1/s1. The Bertz CT molecular complexity index is 708. The Morgan fingerprint density at radius 2 is 2.33 bits per heavy atom. The second-order valence-electron chi connectivity index (χ2n) is 4.89. The van der Waals surface area contributed by atoms with Crippen LogP contribution >= 0.6 is 11.7 Å². The van der Waals surface area contributed by atoms with Crippen LogP contribution in [0.2, 0.25) is 0 Å². The lowest BCUT2D eigenvalue weighted by molar-refractivity contribution is 0.124. The van der Waals surface area contributed by atoms with Crippen molar-refractivity contribution < 1.29 is 13.2 Å². The van der Waals surface area contributed by atoms with Crippen LogP contribution in [0, 0.1) is 5.92 Å². The molecule has 0 bridgehead atoms. The summed E-state index contributed by atoms with van der Waals surface area (Å²) >= 11 is 1.01. The van der Waals surface area contributed by atoms with Gasteiger partial charge < -0.3 is 10.1 Å². The number of nitrogens with zero attached hydrogens (tertiary/aromatic N) is 2. The highest BCUT2D eigenvalue weighted by atomic mass is 32.2. The van der Waals surface area contributed by atoms with Gasteiger partial charge >= 0.3 is 0 Å².